The van der Waals surface area contributed by atoms with Gasteiger partial charge in [-0.25, -0.2) is 9.69 Å². The van der Waals surface area contributed by atoms with Crippen molar-refractivity contribution in [2.45, 2.75) is 73.5 Å². The summed E-state index contributed by atoms with van der Waals surface area (Å²) in [5.41, 5.74) is -3.74. The van der Waals surface area contributed by atoms with Crippen LogP contribution in [-0.2, 0) is 23.6 Å². The van der Waals surface area contributed by atoms with Gasteiger partial charge in [0, 0.05) is 33.9 Å². The van der Waals surface area contributed by atoms with Gasteiger partial charge in [-0.2, -0.15) is 49.9 Å². The van der Waals surface area contributed by atoms with Crippen LogP contribution in [0.25, 0.3) is 31.5 Å². The maximum Gasteiger partial charge on any atom is 0.407 e. The van der Waals surface area contributed by atoms with Crippen LogP contribution in [0.5, 0.6) is 0 Å². The molecule has 2 atom stereocenters. The van der Waals surface area contributed by atoms with Crippen LogP contribution in [0.15, 0.2) is 36.4 Å². The number of hydrogen-bond donors (Lipinski definition) is 4. The summed E-state index contributed by atoms with van der Waals surface area (Å²) in [7, 11) is 0. The Bertz CT molecular complexity index is 1580. The van der Waals surface area contributed by atoms with Gasteiger partial charge < -0.3 is 20.2 Å². The first-order valence-electron chi connectivity index (χ1n) is 13.2. The molecule has 0 spiro atoms. The molecule has 0 bridgehead atoms. The first-order valence-corrected chi connectivity index (χ1v) is 15.5. The third-order valence-corrected chi connectivity index (χ3v) is 9.01. The summed E-state index contributed by atoms with van der Waals surface area (Å²) in [5.74, 6) is 2.52. The quantitative estimate of drug-likeness (QED) is 0.109. The van der Waals surface area contributed by atoms with Crippen LogP contribution in [0.3, 0.4) is 0 Å². The van der Waals surface area contributed by atoms with E-state index in [1.807, 2.05) is 13.8 Å². The van der Waals surface area contributed by atoms with E-state index in [2.05, 4.69) is 19.7 Å². The number of halogens is 6. The van der Waals surface area contributed by atoms with Crippen LogP contribution >= 0.6 is 23.5 Å². The summed E-state index contributed by atoms with van der Waals surface area (Å²) in [5, 5.41) is 21.8. The molecule has 4 rings (SSSR count). The molecule has 0 saturated carbocycles. The molecule has 0 amide bonds. The van der Waals surface area contributed by atoms with Crippen LogP contribution < -0.4 is 0 Å². The second-order valence-electron chi connectivity index (χ2n) is 10.3. The lowest BCUT2D eigenvalue weighted by molar-refractivity contribution is -0.137. The lowest BCUT2D eigenvalue weighted by Crippen LogP contribution is -2.24. The minimum atomic E-state index is -4.58. The number of rotatable bonds is 8. The summed E-state index contributed by atoms with van der Waals surface area (Å²) >= 11 is 3.07. The Morgan fingerprint density at radius 2 is 0.957 bits per heavy atom. The van der Waals surface area contributed by atoms with Crippen molar-refractivity contribution in [2.75, 3.05) is 23.0 Å². The van der Waals surface area contributed by atoms with Crippen LogP contribution in [0.2, 0.25) is 0 Å². The second kappa shape index (κ2) is 16.7. The molecule has 14 heteroatoms. The van der Waals surface area contributed by atoms with Crippen molar-refractivity contribution in [3.63, 3.8) is 0 Å². The number of nitrogens with zero attached hydrogens (tertiary/aromatic N) is 2. The van der Waals surface area contributed by atoms with Crippen LogP contribution in [0, 0.1) is 13.1 Å². The predicted molar refractivity (Wildman–Crippen MR) is 184 cm³/mol. The summed E-state index contributed by atoms with van der Waals surface area (Å²) in [6.07, 6.45) is -9.17. The highest BCUT2D eigenvalue weighted by Crippen LogP contribution is 2.41. The molecule has 2 unspecified atom stereocenters. The third-order valence-electron chi connectivity index (χ3n) is 6.66. The lowest BCUT2D eigenvalue weighted by atomic mass is 10.1. The molecule has 6 nitrogen and oxygen atoms in total. The Balaban J connectivity index is 0.000000846. The monoisotopic (exact) mass is 704 g/mol. The van der Waals surface area contributed by atoms with E-state index in [1.165, 1.54) is 35.7 Å². The minimum Gasteiger partial charge on any atom is -0.383 e. The van der Waals surface area contributed by atoms with E-state index in [0.717, 1.165) is 23.6 Å². The molecule has 2 aromatic carbocycles. The average Bonchev–Trinajstić information content (AvgIpc) is 3.57. The largest absolute Gasteiger partial charge is 0.407 e. The van der Waals surface area contributed by atoms with E-state index >= 15 is 0 Å². The van der Waals surface area contributed by atoms with E-state index in [4.69, 9.17) is 13.1 Å². The number of hydrogen-bond acceptors (Lipinski definition) is 4. The molecule has 260 valence electrons. The van der Waals surface area contributed by atoms with Gasteiger partial charge >= 0.3 is 12.4 Å². The van der Waals surface area contributed by atoms with Gasteiger partial charge in [0.05, 0.1) is 24.3 Å². The Hall–Kier alpha value is -3.30. The Morgan fingerprint density at radius 1 is 0.638 bits per heavy atom. The number of aliphatic hydroxyl groups is 2. The molecule has 0 aliphatic heterocycles. The highest BCUT2D eigenvalue weighted by atomic mass is 32.2. The smallest absolute Gasteiger partial charge is 0.383 e. The van der Waals surface area contributed by atoms with Crippen LogP contribution in [-0.4, -0.2) is 43.2 Å². The second-order valence-corrected chi connectivity index (χ2v) is 12.9. The minimum absolute atomic E-state index is 0. The summed E-state index contributed by atoms with van der Waals surface area (Å²) < 4.78 is 77.8. The molecule has 0 aliphatic carbocycles. The van der Waals surface area contributed by atoms with Crippen molar-refractivity contribution < 1.29 is 36.6 Å². The predicted octanol–water partition coefficient (Wildman–Crippen LogP) is 11.3. The van der Waals surface area contributed by atoms with Gasteiger partial charge in [0.25, 0.3) is 0 Å². The van der Waals surface area contributed by atoms with E-state index in [-0.39, 0.29) is 33.3 Å². The van der Waals surface area contributed by atoms with Crippen molar-refractivity contribution in [1.82, 2.24) is 9.97 Å². The molecular weight excluding hydrogens is 663 g/mol. The number of benzene rings is 2. The first kappa shape index (κ1) is 43.7. The van der Waals surface area contributed by atoms with E-state index in [0.29, 0.717) is 33.7 Å². The molecule has 4 aromatic rings. The maximum atomic E-state index is 13.0. The van der Waals surface area contributed by atoms with E-state index < -0.39 is 46.1 Å². The van der Waals surface area contributed by atoms with Crippen molar-refractivity contribution in [3.8, 4) is 0 Å². The SMILES string of the molecule is C.C.C.[C-]#[N+]c1cc2cc(C(C)(O)CSCC)[nH]c2cc1C(F)(F)F.[C-]#[N+]c1cc2cc(C(C)(O)CSCC)[nH]c2cc1C(F)(F)F. The Kier molecular flexibility index (Phi) is 15.5. The zero-order valence-electron chi connectivity index (χ0n) is 24.2. The van der Waals surface area contributed by atoms with Crippen molar-refractivity contribution >= 4 is 56.7 Å². The molecule has 47 heavy (non-hydrogen) atoms. The number of H-pyrrole nitrogens is 2. The van der Waals surface area contributed by atoms with Crippen molar-refractivity contribution in [3.05, 3.63) is 81.7 Å². The molecule has 0 saturated heterocycles. The van der Waals surface area contributed by atoms with E-state index in [1.54, 1.807) is 26.0 Å². The Labute approximate surface area is 281 Å². The van der Waals surface area contributed by atoms with Crippen molar-refractivity contribution in [2.24, 2.45) is 0 Å². The van der Waals surface area contributed by atoms with Gasteiger partial charge in [-0.15, -0.1) is 0 Å². The van der Waals surface area contributed by atoms with Gasteiger partial charge in [-0.3, -0.25) is 0 Å². The summed E-state index contributed by atoms with van der Waals surface area (Å²) in [6, 6.07) is 7.45. The Morgan fingerprint density at radius 3 is 1.21 bits per heavy atom. The molecule has 2 heterocycles. The topological polar surface area (TPSA) is 80.8 Å². The average molecular weight is 705 g/mol. The lowest BCUT2D eigenvalue weighted by Gasteiger charge is -2.21. The van der Waals surface area contributed by atoms with Gasteiger partial charge in [-0.05, 0) is 72.5 Å². The van der Waals surface area contributed by atoms with Crippen LogP contribution in [0.4, 0.5) is 37.7 Å². The number of alkyl halides is 6. The van der Waals surface area contributed by atoms with Gasteiger partial charge in [-0.1, -0.05) is 36.1 Å². The summed E-state index contributed by atoms with van der Waals surface area (Å²) in [6.45, 7) is 21.0. The fraction of sp³-hybridized carbons (Fsp3) is 0.455. The number of fused-ring (bicyclic) bond motifs is 2. The molecule has 4 N–H and O–H groups in total. The zero-order chi connectivity index (χ0) is 33.1. The fourth-order valence-electron chi connectivity index (χ4n) is 4.31. The first-order chi connectivity index (χ1) is 20.4. The number of aromatic amines is 2. The summed E-state index contributed by atoms with van der Waals surface area (Å²) in [4.78, 5) is 11.6. The number of nitrogens with one attached hydrogen (secondary N) is 2. The molecule has 0 fully saturated rings. The third kappa shape index (κ3) is 10.3. The van der Waals surface area contributed by atoms with Gasteiger partial charge in [0.1, 0.15) is 11.2 Å². The fourth-order valence-corrected chi connectivity index (χ4v) is 5.83. The highest BCUT2D eigenvalue weighted by molar-refractivity contribution is 7.99. The zero-order valence-corrected chi connectivity index (χ0v) is 25.8. The number of aromatic nitrogens is 2. The molecule has 0 radical (unpaired) electrons. The normalized spacial score (nSPS) is 13.8. The van der Waals surface area contributed by atoms with Gasteiger partial charge in [0.15, 0.2) is 11.4 Å². The molecular formula is C33H42F6N4O2S2. The highest BCUT2D eigenvalue weighted by Gasteiger charge is 2.35. The van der Waals surface area contributed by atoms with Crippen LogP contribution in [0.1, 0.15) is 72.5 Å². The van der Waals surface area contributed by atoms with E-state index in [9.17, 15) is 36.6 Å². The molecule has 2 aromatic heterocycles. The maximum absolute atomic E-state index is 13.0. The number of thioether (sulfide) groups is 2. The standard InChI is InChI=1S/2C15H15F3N2OS.3CH4/c2*1-4-22-8-14(2,21)13-6-9-5-12(19-3)10(15(16,17)18)7-11(9)20-13;;;/h2*5-7,20-21H,4,8H2,1-2H3;3*1H4. The molecule has 0 aliphatic rings. The van der Waals surface area contributed by atoms with Gasteiger partial charge in [0.2, 0.25) is 0 Å². The van der Waals surface area contributed by atoms with Crippen molar-refractivity contribution in [1.29, 1.82) is 0 Å².